The number of pyridine rings is 1. The van der Waals surface area contributed by atoms with Gasteiger partial charge >= 0.3 is 0 Å². The molecule has 4 rings (SSSR count). The third-order valence-electron chi connectivity index (χ3n) is 3.89. The number of nitrogens with zero attached hydrogens (tertiary/aromatic N) is 5. The minimum atomic E-state index is -0.361. The van der Waals surface area contributed by atoms with Gasteiger partial charge in [-0.2, -0.15) is 4.52 Å². The topological polar surface area (TPSA) is 68.0 Å². The summed E-state index contributed by atoms with van der Waals surface area (Å²) in [6.07, 6.45) is 2.82. The van der Waals surface area contributed by atoms with Gasteiger partial charge in [-0.15, -0.1) is 15.3 Å². The molecule has 124 valence electrons. The molecular formula is C18H15FN6. The highest BCUT2D eigenvalue weighted by Crippen LogP contribution is 2.20. The van der Waals surface area contributed by atoms with Gasteiger partial charge in [0.2, 0.25) is 0 Å². The molecule has 0 aliphatic carbocycles. The lowest BCUT2D eigenvalue weighted by Gasteiger charge is -2.14. The maximum Gasteiger partial charge on any atom is 0.185 e. The van der Waals surface area contributed by atoms with Crippen LogP contribution in [0, 0.1) is 5.82 Å². The summed E-state index contributed by atoms with van der Waals surface area (Å²) in [7, 11) is 0. The van der Waals surface area contributed by atoms with Gasteiger partial charge in [0.1, 0.15) is 11.6 Å². The zero-order chi connectivity index (χ0) is 17.2. The van der Waals surface area contributed by atoms with Crippen molar-refractivity contribution >= 4 is 11.5 Å². The Morgan fingerprint density at radius 3 is 2.68 bits per heavy atom. The van der Waals surface area contributed by atoms with Gasteiger partial charge in [-0.05, 0) is 30.7 Å². The summed E-state index contributed by atoms with van der Waals surface area (Å²) >= 11 is 0. The van der Waals surface area contributed by atoms with Gasteiger partial charge in [0.05, 0.1) is 12.2 Å². The Bertz CT molecular complexity index is 1010. The second-order valence-electron chi connectivity index (χ2n) is 5.68. The molecular weight excluding hydrogens is 319 g/mol. The van der Waals surface area contributed by atoms with E-state index in [2.05, 4.69) is 25.6 Å². The number of nitrogens with one attached hydrogen (secondary N) is 1. The summed E-state index contributed by atoms with van der Waals surface area (Å²) < 4.78 is 15.0. The highest BCUT2D eigenvalue weighted by atomic mass is 19.1. The molecule has 1 aromatic carbocycles. The highest BCUT2D eigenvalue weighted by Gasteiger charge is 2.12. The van der Waals surface area contributed by atoms with Gasteiger partial charge in [0.15, 0.2) is 11.5 Å². The van der Waals surface area contributed by atoms with Crippen LogP contribution in [-0.4, -0.2) is 24.8 Å². The van der Waals surface area contributed by atoms with E-state index >= 15 is 0 Å². The van der Waals surface area contributed by atoms with Crippen molar-refractivity contribution in [1.29, 1.82) is 0 Å². The van der Waals surface area contributed by atoms with Crippen molar-refractivity contribution in [3.63, 3.8) is 0 Å². The molecule has 3 heterocycles. The van der Waals surface area contributed by atoms with Crippen LogP contribution in [0.5, 0.6) is 0 Å². The van der Waals surface area contributed by atoms with E-state index in [0.29, 0.717) is 17.3 Å². The van der Waals surface area contributed by atoms with Crippen molar-refractivity contribution in [3.8, 4) is 11.4 Å². The van der Waals surface area contributed by atoms with Crippen molar-refractivity contribution in [3.05, 3.63) is 72.3 Å². The van der Waals surface area contributed by atoms with Crippen LogP contribution in [-0.2, 0) is 0 Å². The molecule has 0 aliphatic rings. The summed E-state index contributed by atoms with van der Waals surface area (Å²) in [5.74, 6) is 0.945. The molecule has 0 fully saturated rings. The zero-order valence-electron chi connectivity index (χ0n) is 13.5. The molecule has 0 saturated carbocycles. The number of hydrogen-bond donors (Lipinski definition) is 1. The number of aromatic nitrogens is 5. The van der Waals surface area contributed by atoms with E-state index in [0.717, 1.165) is 11.1 Å². The van der Waals surface area contributed by atoms with Crippen molar-refractivity contribution in [2.45, 2.75) is 13.0 Å². The lowest BCUT2D eigenvalue weighted by atomic mass is 10.1. The van der Waals surface area contributed by atoms with E-state index in [1.54, 1.807) is 10.7 Å². The molecule has 4 aromatic rings. The SMILES string of the molecule is C[C@@H](Nc1ccc2nnc(-c3ccccc3)n2n1)c1cncc(F)c1. The summed E-state index contributed by atoms with van der Waals surface area (Å²) in [5, 5.41) is 16.2. The molecule has 0 spiro atoms. The summed E-state index contributed by atoms with van der Waals surface area (Å²) in [4.78, 5) is 3.88. The average molecular weight is 334 g/mol. The predicted molar refractivity (Wildman–Crippen MR) is 92.5 cm³/mol. The van der Waals surface area contributed by atoms with Crippen LogP contribution in [0.1, 0.15) is 18.5 Å². The predicted octanol–water partition coefficient (Wildman–Crippen LogP) is 3.50. The van der Waals surface area contributed by atoms with Gasteiger partial charge in [-0.3, -0.25) is 4.98 Å². The Morgan fingerprint density at radius 1 is 1.04 bits per heavy atom. The summed E-state index contributed by atoms with van der Waals surface area (Å²) in [5.41, 5.74) is 2.33. The first-order valence-electron chi connectivity index (χ1n) is 7.85. The Balaban J connectivity index is 1.67. The molecule has 0 bridgehead atoms. The quantitative estimate of drug-likeness (QED) is 0.619. The molecule has 25 heavy (non-hydrogen) atoms. The lowest BCUT2D eigenvalue weighted by Crippen LogP contribution is -2.10. The first kappa shape index (κ1) is 15.2. The van der Waals surface area contributed by atoms with Crippen molar-refractivity contribution in [1.82, 2.24) is 24.8 Å². The molecule has 1 atom stereocenters. The van der Waals surface area contributed by atoms with Crippen LogP contribution in [0.2, 0.25) is 0 Å². The van der Waals surface area contributed by atoms with E-state index in [1.165, 1.54) is 12.3 Å². The third kappa shape index (κ3) is 3.03. The third-order valence-corrected chi connectivity index (χ3v) is 3.89. The summed E-state index contributed by atoms with van der Waals surface area (Å²) in [6.45, 7) is 1.92. The molecule has 7 heteroatoms. The minimum absolute atomic E-state index is 0.148. The number of benzene rings is 1. The molecule has 3 aromatic heterocycles. The fraction of sp³-hybridized carbons (Fsp3) is 0.111. The van der Waals surface area contributed by atoms with Crippen LogP contribution >= 0.6 is 0 Å². The number of anilines is 1. The second kappa shape index (κ2) is 6.27. The highest BCUT2D eigenvalue weighted by molar-refractivity contribution is 5.59. The van der Waals surface area contributed by atoms with Crippen LogP contribution < -0.4 is 5.32 Å². The number of rotatable bonds is 4. The molecule has 0 saturated heterocycles. The van der Waals surface area contributed by atoms with E-state index in [1.807, 2.05) is 49.4 Å². The zero-order valence-corrected chi connectivity index (χ0v) is 13.5. The number of fused-ring (bicyclic) bond motifs is 1. The number of hydrogen-bond acceptors (Lipinski definition) is 5. The summed E-state index contributed by atoms with van der Waals surface area (Å²) in [6, 6.07) is 14.7. The molecule has 0 unspecified atom stereocenters. The molecule has 0 amide bonds. The standard InChI is InChI=1S/C18H15FN6/c1-12(14-9-15(19)11-20-10-14)21-16-7-8-17-22-23-18(25(17)24-16)13-5-3-2-4-6-13/h2-12H,1H3,(H,21,24)/t12-/m1/s1. The van der Waals surface area contributed by atoms with Gasteiger partial charge in [0, 0.05) is 11.8 Å². The molecule has 0 radical (unpaired) electrons. The Kier molecular flexibility index (Phi) is 3.81. The van der Waals surface area contributed by atoms with Gasteiger partial charge < -0.3 is 5.32 Å². The molecule has 1 N–H and O–H groups in total. The maximum atomic E-state index is 13.3. The van der Waals surface area contributed by atoms with Crippen LogP contribution in [0.25, 0.3) is 17.0 Å². The largest absolute Gasteiger partial charge is 0.362 e. The first-order chi connectivity index (χ1) is 12.2. The number of halogens is 1. The van der Waals surface area contributed by atoms with Crippen LogP contribution in [0.15, 0.2) is 60.9 Å². The first-order valence-corrected chi connectivity index (χ1v) is 7.85. The maximum absolute atomic E-state index is 13.3. The van der Waals surface area contributed by atoms with Crippen molar-refractivity contribution < 1.29 is 4.39 Å². The average Bonchev–Trinajstić information content (AvgIpc) is 3.05. The fourth-order valence-corrected chi connectivity index (χ4v) is 2.60. The van der Waals surface area contributed by atoms with Crippen LogP contribution in [0.3, 0.4) is 0 Å². The lowest BCUT2D eigenvalue weighted by molar-refractivity contribution is 0.616. The Labute approximate surface area is 143 Å². The molecule has 0 aliphatic heterocycles. The van der Waals surface area contributed by atoms with Crippen molar-refractivity contribution in [2.75, 3.05) is 5.32 Å². The van der Waals surface area contributed by atoms with Crippen molar-refractivity contribution in [2.24, 2.45) is 0 Å². The van der Waals surface area contributed by atoms with Gasteiger partial charge in [-0.25, -0.2) is 4.39 Å². The monoisotopic (exact) mass is 334 g/mol. The smallest absolute Gasteiger partial charge is 0.185 e. The van der Waals surface area contributed by atoms with Crippen LogP contribution in [0.4, 0.5) is 10.2 Å². The van der Waals surface area contributed by atoms with E-state index < -0.39 is 0 Å². The normalized spacial score (nSPS) is 12.2. The second-order valence-corrected chi connectivity index (χ2v) is 5.68. The van der Waals surface area contributed by atoms with Gasteiger partial charge in [-0.1, -0.05) is 30.3 Å². The Morgan fingerprint density at radius 2 is 1.88 bits per heavy atom. The van der Waals surface area contributed by atoms with Gasteiger partial charge in [0.25, 0.3) is 0 Å². The van der Waals surface area contributed by atoms with E-state index in [9.17, 15) is 4.39 Å². The Hall–Kier alpha value is -3.35. The van der Waals surface area contributed by atoms with E-state index in [-0.39, 0.29) is 11.9 Å². The van der Waals surface area contributed by atoms with E-state index in [4.69, 9.17) is 0 Å². The fourth-order valence-electron chi connectivity index (χ4n) is 2.60. The minimum Gasteiger partial charge on any atom is -0.362 e. The molecule has 6 nitrogen and oxygen atoms in total.